The number of hydrogen-bond acceptors (Lipinski definition) is 4. The number of rotatable bonds is 3. The summed E-state index contributed by atoms with van der Waals surface area (Å²) in [5, 5.41) is 8.12. The lowest BCUT2D eigenvalue weighted by molar-refractivity contribution is -0.139. The first-order valence-electron chi connectivity index (χ1n) is 5.50. The number of carboxylic acids is 1. The number of ether oxygens (including phenoxy) is 1. The molecule has 0 aromatic heterocycles. The van der Waals surface area contributed by atoms with Crippen molar-refractivity contribution in [1.29, 1.82) is 0 Å². The fourth-order valence-corrected chi connectivity index (χ4v) is 2.70. The average Bonchev–Trinajstić information content (AvgIpc) is 2.86. The summed E-state index contributed by atoms with van der Waals surface area (Å²) in [7, 11) is 0. The van der Waals surface area contributed by atoms with E-state index in [0.29, 0.717) is 12.3 Å². The monoisotopic (exact) mass is 267 g/mol. The number of nitrogens with zero attached hydrogens (tertiary/aromatic N) is 1. The molecule has 1 unspecified atom stereocenters. The summed E-state index contributed by atoms with van der Waals surface area (Å²) in [5.41, 5.74) is 0.879. The van der Waals surface area contributed by atoms with E-state index in [-0.39, 0.29) is 6.61 Å². The maximum atomic E-state index is 11.8. The van der Waals surface area contributed by atoms with Crippen LogP contribution in [0.3, 0.4) is 0 Å². The highest BCUT2D eigenvalue weighted by molar-refractivity contribution is 8.00. The number of benzene rings is 1. The molecule has 1 atom stereocenters. The number of carboxylic acid groups (broad SMARTS) is 1. The van der Waals surface area contributed by atoms with E-state index in [4.69, 9.17) is 9.84 Å². The molecule has 1 fully saturated rings. The van der Waals surface area contributed by atoms with Crippen LogP contribution >= 0.6 is 11.8 Å². The van der Waals surface area contributed by atoms with E-state index in [9.17, 15) is 9.59 Å². The second-order valence-corrected chi connectivity index (χ2v) is 4.98. The fraction of sp³-hybridized carbons (Fsp3) is 0.333. The van der Waals surface area contributed by atoms with E-state index >= 15 is 0 Å². The number of carbonyl (C=O) groups excluding carboxylic acids is 1. The molecule has 0 spiro atoms. The van der Waals surface area contributed by atoms with Gasteiger partial charge in [0.15, 0.2) is 5.37 Å². The summed E-state index contributed by atoms with van der Waals surface area (Å²) in [6.45, 7) is 0.572. The second-order valence-electron chi connectivity index (χ2n) is 3.79. The molecular formula is C12H13NO4S. The zero-order valence-corrected chi connectivity index (χ0v) is 10.4. The molecule has 0 saturated carbocycles. The van der Waals surface area contributed by atoms with Crippen molar-refractivity contribution in [2.24, 2.45) is 0 Å². The summed E-state index contributed by atoms with van der Waals surface area (Å²) < 4.78 is 5.10. The predicted molar refractivity (Wildman–Crippen MR) is 67.2 cm³/mol. The lowest BCUT2D eigenvalue weighted by Gasteiger charge is -2.19. The van der Waals surface area contributed by atoms with E-state index in [2.05, 4.69) is 0 Å². The summed E-state index contributed by atoms with van der Waals surface area (Å²) >= 11 is 1.23. The zero-order chi connectivity index (χ0) is 13.0. The Morgan fingerprint density at radius 2 is 2.11 bits per heavy atom. The van der Waals surface area contributed by atoms with E-state index in [0.717, 1.165) is 5.56 Å². The van der Waals surface area contributed by atoms with Gasteiger partial charge < -0.3 is 9.84 Å². The zero-order valence-electron chi connectivity index (χ0n) is 9.61. The third kappa shape index (κ3) is 2.95. The van der Waals surface area contributed by atoms with Gasteiger partial charge in [0.25, 0.3) is 0 Å². The van der Waals surface area contributed by atoms with Crippen molar-refractivity contribution in [3.63, 3.8) is 0 Å². The molecular weight excluding hydrogens is 254 g/mol. The molecule has 18 heavy (non-hydrogen) atoms. The van der Waals surface area contributed by atoms with E-state index in [1.165, 1.54) is 16.7 Å². The van der Waals surface area contributed by atoms with Crippen LogP contribution in [0, 0.1) is 0 Å². The van der Waals surface area contributed by atoms with Gasteiger partial charge in [0.1, 0.15) is 6.61 Å². The van der Waals surface area contributed by atoms with Gasteiger partial charge in [0, 0.05) is 12.3 Å². The van der Waals surface area contributed by atoms with Crippen LogP contribution < -0.4 is 0 Å². The summed E-state index contributed by atoms with van der Waals surface area (Å²) in [6, 6.07) is 9.29. The molecule has 6 heteroatoms. The first-order chi connectivity index (χ1) is 8.68. The maximum absolute atomic E-state index is 11.8. The Kier molecular flexibility index (Phi) is 4.09. The molecule has 1 saturated heterocycles. The molecule has 0 radical (unpaired) electrons. The van der Waals surface area contributed by atoms with Gasteiger partial charge in [0.05, 0.1) is 0 Å². The molecule has 0 aliphatic carbocycles. The minimum atomic E-state index is -1.01. The van der Waals surface area contributed by atoms with Gasteiger partial charge in [-0.15, -0.1) is 11.8 Å². The quantitative estimate of drug-likeness (QED) is 0.904. The molecule has 1 N–H and O–H groups in total. The smallest absolute Gasteiger partial charge is 0.411 e. The molecule has 0 bridgehead atoms. The van der Waals surface area contributed by atoms with E-state index in [1.807, 2.05) is 30.3 Å². The lowest BCUT2D eigenvalue weighted by Crippen LogP contribution is -2.39. The first-order valence-corrected chi connectivity index (χ1v) is 6.55. The van der Waals surface area contributed by atoms with Crippen LogP contribution in [0.4, 0.5) is 4.79 Å². The summed E-state index contributed by atoms with van der Waals surface area (Å²) in [6.07, 6.45) is -0.573. The Bertz CT molecular complexity index is 437. The minimum absolute atomic E-state index is 0.160. The molecule has 1 heterocycles. The van der Waals surface area contributed by atoms with Gasteiger partial charge in [-0.1, -0.05) is 30.3 Å². The van der Waals surface area contributed by atoms with Crippen molar-refractivity contribution in [3.8, 4) is 0 Å². The summed E-state index contributed by atoms with van der Waals surface area (Å²) in [4.78, 5) is 23.9. The molecule has 96 valence electrons. The van der Waals surface area contributed by atoms with Crippen LogP contribution in [-0.2, 0) is 16.1 Å². The van der Waals surface area contributed by atoms with Gasteiger partial charge in [0.2, 0.25) is 0 Å². The molecule has 2 rings (SSSR count). The first kappa shape index (κ1) is 12.8. The van der Waals surface area contributed by atoms with Crippen molar-refractivity contribution in [2.45, 2.75) is 12.0 Å². The second kappa shape index (κ2) is 5.77. The number of aliphatic carboxylic acids is 1. The van der Waals surface area contributed by atoms with Gasteiger partial charge in [-0.05, 0) is 5.56 Å². The standard InChI is InChI=1S/C12H13NO4S/c14-11(15)10-13(6-7-18-10)12(16)17-8-9-4-2-1-3-5-9/h1-5,10H,6-8H2,(H,14,15). The molecule has 1 aliphatic heterocycles. The van der Waals surface area contributed by atoms with Crippen LogP contribution in [0.15, 0.2) is 30.3 Å². The van der Waals surface area contributed by atoms with Gasteiger partial charge in [-0.3, -0.25) is 4.90 Å². The lowest BCUT2D eigenvalue weighted by atomic mass is 10.2. The third-order valence-electron chi connectivity index (χ3n) is 2.54. The van der Waals surface area contributed by atoms with E-state index < -0.39 is 17.4 Å². The Morgan fingerprint density at radius 3 is 2.78 bits per heavy atom. The van der Waals surface area contributed by atoms with E-state index in [1.54, 1.807) is 0 Å². The predicted octanol–water partition coefficient (Wildman–Crippen LogP) is 1.78. The highest BCUT2D eigenvalue weighted by Gasteiger charge is 2.35. The fourth-order valence-electron chi connectivity index (χ4n) is 1.66. The van der Waals surface area contributed by atoms with Crippen molar-refractivity contribution in [1.82, 2.24) is 4.90 Å². The van der Waals surface area contributed by atoms with Crippen molar-refractivity contribution in [2.75, 3.05) is 12.3 Å². The van der Waals surface area contributed by atoms with Crippen molar-refractivity contribution in [3.05, 3.63) is 35.9 Å². The Labute approximate surface area is 109 Å². The van der Waals surface area contributed by atoms with Crippen LogP contribution in [0.1, 0.15) is 5.56 Å². The molecule has 1 aliphatic rings. The summed E-state index contributed by atoms with van der Waals surface area (Å²) in [5.74, 6) is -0.383. The number of carbonyl (C=O) groups is 2. The minimum Gasteiger partial charge on any atom is -0.479 e. The highest BCUT2D eigenvalue weighted by atomic mass is 32.2. The molecule has 1 aromatic rings. The number of hydrogen-bond donors (Lipinski definition) is 1. The van der Waals surface area contributed by atoms with Crippen LogP contribution in [0.5, 0.6) is 0 Å². The Morgan fingerprint density at radius 1 is 1.39 bits per heavy atom. The highest BCUT2D eigenvalue weighted by Crippen LogP contribution is 2.24. The Balaban J connectivity index is 1.90. The number of thioether (sulfide) groups is 1. The van der Waals surface area contributed by atoms with Gasteiger partial charge in [-0.2, -0.15) is 0 Å². The van der Waals surface area contributed by atoms with Crippen molar-refractivity contribution >= 4 is 23.8 Å². The van der Waals surface area contributed by atoms with Gasteiger partial charge >= 0.3 is 12.1 Å². The number of amides is 1. The largest absolute Gasteiger partial charge is 0.479 e. The van der Waals surface area contributed by atoms with Crippen LogP contribution in [0.2, 0.25) is 0 Å². The molecule has 1 aromatic carbocycles. The normalized spacial score (nSPS) is 18.7. The molecule has 5 nitrogen and oxygen atoms in total. The Hall–Kier alpha value is -1.69. The average molecular weight is 267 g/mol. The van der Waals surface area contributed by atoms with Crippen LogP contribution in [-0.4, -0.2) is 39.7 Å². The van der Waals surface area contributed by atoms with Crippen molar-refractivity contribution < 1.29 is 19.4 Å². The molecule has 1 amide bonds. The topological polar surface area (TPSA) is 66.8 Å². The maximum Gasteiger partial charge on any atom is 0.411 e. The van der Waals surface area contributed by atoms with Crippen LogP contribution in [0.25, 0.3) is 0 Å². The third-order valence-corrected chi connectivity index (χ3v) is 3.73. The SMILES string of the molecule is O=C(O)C1SCCN1C(=O)OCc1ccccc1. The van der Waals surface area contributed by atoms with Gasteiger partial charge in [-0.25, -0.2) is 9.59 Å².